The van der Waals surface area contributed by atoms with Crippen molar-refractivity contribution in [3.8, 4) is 5.75 Å². The number of aryl methyl sites for hydroxylation is 1. The molecule has 2 aromatic heterocycles. The SMILES string of the molecule is Cc1cc(Nc2ccc(OC(=O)c3ccc(Br)o3)cc2)ncn1. The molecule has 0 saturated heterocycles. The average Bonchev–Trinajstić information content (AvgIpc) is 2.96. The molecule has 0 radical (unpaired) electrons. The van der Waals surface area contributed by atoms with Crippen molar-refractivity contribution in [2.45, 2.75) is 6.92 Å². The van der Waals surface area contributed by atoms with Crippen molar-refractivity contribution in [2.24, 2.45) is 0 Å². The highest BCUT2D eigenvalue weighted by atomic mass is 79.9. The van der Waals surface area contributed by atoms with Gasteiger partial charge in [-0.25, -0.2) is 14.8 Å². The van der Waals surface area contributed by atoms with Gasteiger partial charge in [-0.2, -0.15) is 0 Å². The minimum atomic E-state index is -0.553. The number of halogens is 1. The quantitative estimate of drug-likeness (QED) is 0.547. The number of hydrogen-bond donors (Lipinski definition) is 1. The molecule has 7 heteroatoms. The first kappa shape index (κ1) is 15.2. The maximum absolute atomic E-state index is 11.9. The fourth-order valence-electron chi connectivity index (χ4n) is 1.86. The lowest BCUT2D eigenvalue weighted by molar-refractivity contribution is 0.0700. The van der Waals surface area contributed by atoms with Crippen molar-refractivity contribution < 1.29 is 13.9 Å². The van der Waals surface area contributed by atoms with E-state index in [0.717, 1.165) is 11.4 Å². The van der Waals surface area contributed by atoms with Gasteiger partial charge >= 0.3 is 5.97 Å². The second kappa shape index (κ2) is 6.62. The number of aromatic nitrogens is 2. The van der Waals surface area contributed by atoms with Crippen molar-refractivity contribution in [1.82, 2.24) is 9.97 Å². The zero-order valence-electron chi connectivity index (χ0n) is 12.1. The highest BCUT2D eigenvalue weighted by molar-refractivity contribution is 9.10. The third-order valence-corrected chi connectivity index (χ3v) is 3.34. The summed E-state index contributed by atoms with van der Waals surface area (Å²) in [6.07, 6.45) is 1.50. The van der Waals surface area contributed by atoms with E-state index in [2.05, 4.69) is 31.2 Å². The number of rotatable bonds is 4. The van der Waals surface area contributed by atoms with Gasteiger partial charge in [-0.15, -0.1) is 0 Å². The van der Waals surface area contributed by atoms with E-state index in [4.69, 9.17) is 9.15 Å². The average molecular weight is 374 g/mol. The largest absolute Gasteiger partial charge is 0.442 e. The van der Waals surface area contributed by atoms with Crippen LogP contribution in [-0.2, 0) is 0 Å². The Kier molecular flexibility index (Phi) is 4.38. The second-order valence-electron chi connectivity index (χ2n) is 4.69. The molecule has 0 atom stereocenters. The number of esters is 1. The summed E-state index contributed by atoms with van der Waals surface area (Å²) in [6.45, 7) is 1.89. The molecule has 3 rings (SSSR count). The summed E-state index contributed by atoms with van der Waals surface area (Å²) in [4.78, 5) is 20.0. The molecule has 0 saturated carbocycles. The first-order chi connectivity index (χ1) is 11.1. The van der Waals surface area contributed by atoms with E-state index in [1.54, 1.807) is 36.4 Å². The number of carbonyl (C=O) groups is 1. The minimum Gasteiger partial charge on any atom is -0.442 e. The number of nitrogens with zero attached hydrogens (tertiary/aromatic N) is 2. The molecule has 0 aliphatic carbocycles. The molecular formula is C16H12BrN3O3. The molecule has 0 bridgehead atoms. The van der Waals surface area contributed by atoms with Crippen molar-refractivity contribution in [3.63, 3.8) is 0 Å². The Labute approximate surface area is 140 Å². The Morgan fingerprint density at radius 1 is 1.17 bits per heavy atom. The Morgan fingerprint density at radius 3 is 2.61 bits per heavy atom. The van der Waals surface area contributed by atoms with Crippen LogP contribution < -0.4 is 10.1 Å². The fraction of sp³-hybridized carbons (Fsp3) is 0.0625. The highest BCUT2D eigenvalue weighted by Gasteiger charge is 2.13. The summed E-state index contributed by atoms with van der Waals surface area (Å²) >= 11 is 3.14. The summed E-state index contributed by atoms with van der Waals surface area (Å²) in [5, 5.41) is 3.14. The Bertz CT molecular complexity index is 831. The van der Waals surface area contributed by atoms with Crippen molar-refractivity contribution in [3.05, 3.63) is 64.9 Å². The van der Waals surface area contributed by atoms with Crippen molar-refractivity contribution >= 4 is 33.4 Å². The predicted octanol–water partition coefficient (Wildman–Crippen LogP) is 4.10. The van der Waals surface area contributed by atoms with Crippen molar-refractivity contribution in [2.75, 3.05) is 5.32 Å². The molecule has 6 nitrogen and oxygen atoms in total. The number of ether oxygens (including phenoxy) is 1. The molecule has 23 heavy (non-hydrogen) atoms. The number of hydrogen-bond acceptors (Lipinski definition) is 6. The van der Waals surface area contributed by atoms with Crippen LogP contribution in [0, 0.1) is 6.92 Å². The zero-order valence-corrected chi connectivity index (χ0v) is 13.7. The molecule has 0 fully saturated rings. The van der Waals surface area contributed by atoms with Gasteiger partial charge in [0.1, 0.15) is 17.9 Å². The molecule has 2 heterocycles. The number of benzene rings is 1. The van der Waals surface area contributed by atoms with Gasteiger partial charge in [0, 0.05) is 17.4 Å². The lowest BCUT2D eigenvalue weighted by Gasteiger charge is -2.07. The van der Waals surface area contributed by atoms with E-state index in [-0.39, 0.29) is 5.76 Å². The van der Waals surface area contributed by atoms with E-state index < -0.39 is 5.97 Å². The molecule has 116 valence electrons. The van der Waals surface area contributed by atoms with Gasteiger partial charge in [-0.1, -0.05) is 0 Å². The van der Waals surface area contributed by atoms with Crippen molar-refractivity contribution in [1.29, 1.82) is 0 Å². The first-order valence-electron chi connectivity index (χ1n) is 6.73. The van der Waals surface area contributed by atoms with Gasteiger partial charge in [0.2, 0.25) is 5.76 Å². The monoisotopic (exact) mass is 373 g/mol. The van der Waals surface area contributed by atoms with Crippen LogP contribution in [0.25, 0.3) is 0 Å². The van der Waals surface area contributed by atoms with E-state index in [0.29, 0.717) is 16.2 Å². The summed E-state index contributed by atoms with van der Waals surface area (Å²) in [5.41, 5.74) is 1.70. The summed E-state index contributed by atoms with van der Waals surface area (Å²) in [5.74, 6) is 0.702. The zero-order chi connectivity index (χ0) is 16.2. The van der Waals surface area contributed by atoms with Crippen LogP contribution in [0.4, 0.5) is 11.5 Å². The van der Waals surface area contributed by atoms with Crippen LogP contribution >= 0.6 is 15.9 Å². The van der Waals surface area contributed by atoms with Gasteiger partial charge in [-0.05, 0) is 59.3 Å². The standard InChI is InChI=1S/C16H12BrN3O3/c1-10-8-15(19-9-18-10)20-11-2-4-12(5-3-11)22-16(21)13-6-7-14(17)23-13/h2-9H,1H3,(H,18,19,20). The van der Waals surface area contributed by atoms with Crippen LogP contribution in [0.1, 0.15) is 16.2 Å². The Balaban J connectivity index is 1.66. The van der Waals surface area contributed by atoms with Gasteiger partial charge in [0.05, 0.1) is 0 Å². The lowest BCUT2D eigenvalue weighted by Crippen LogP contribution is -2.07. The lowest BCUT2D eigenvalue weighted by atomic mass is 10.3. The van der Waals surface area contributed by atoms with Crippen LogP contribution in [0.3, 0.4) is 0 Å². The van der Waals surface area contributed by atoms with E-state index >= 15 is 0 Å². The maximum atomic E-state index is 11.9. The molecule has 0 aliphatic heterocycles. The summed E-state index contributed by atoms with van der Waals surface area (Å²) in [6, 6.07) is 12.0. The molecule has 1 N–H and O–H groups in total. The summed E-state index contributed by atoms with van der Waals surface area (Å²) < 4.78 is 10.9. The topological polar surface area (TPSA) is 77.2 Å². The van der Waals surface area contributed by atoms with E-state index in [9.17, 15) is 4.79 Å². The number of nitrogens with one attached hydrogen (secondary N) is 1. The maximum Gasteiger partial charge on any atom is 0.379 e. The number of furan rings is 1. The minimum absolute atomic E-state index is 0.135. The third-order valence-electron chi connectivity index (χ3n) is 2.92. The van der Waals surface area contributed by atoms with Crippen LogP contribution in [0.2, 0.25) is 0 Å². The summed E-state index contributed by atoms with van der Waals surface area (Å²) in [7, 11) is 0. The van der Waals surface area contributed by atoms with Gasteiger partial charge in [0.15, 0.2) is 4.67 Å². The number of carbonyl (C=O) groups excluding carboxylic acids is 1. The molecular weight excluding hydrogens is 362 g/mol. The normalized spacial score (nSPS) is 10.3. The van der Waals surface area contributed by atoms with Gasteiger partial charge in [0.25, 0.3) is 0 Å². The van der Waals surface area contributed by atoms with Gasteiger partial charge < -0.3 is 14.5 Å². The Morgan fingerprint density at radius 2 is 1.96 bits per heavy atom. The van der Waals surface area contributed by atoms with Crippen LogP contribution in [0.5, 0.6) is 5.75 Å². The molecule has 3 aromatic rings. The number of anilines is 2. The predicted molar refractivity (Wildman–Crippen MR) is 87.9 cm³/mol. The molecule has 0 spiro atoms. The first-order valence-corrected chi connectivity index (χ1v) is 7.53. The molecule has 0 aliphatic rings. The molecule has 1 aromatic carbocycles. The second-order valence-corrected chi connectivity index (χ2v) is 5.47. The molecule has 0 unspecified atom stereocenters. The van der Waals surface area contributed by atoms with E-state index in [1.165, 1.54) is 6.33 Å². The third kappa shape index (κ3) is 3.95. The van der Waals surface area contributed by atoms with Crippen LogP contribution in [-0.4, -0.2) is 15.9 Å². The molecule has 0 amide bonds. The van der Waals surface area contributed by atoms with Gasteiger partial charge in [-0.3, -0.25) is 0 Å². The fourth-order valence-corrected chi connectivity index (χ4v) is 2.16. The van der Waals surface area contributed by atoms with E-state index in [1.807, 2.05) is 13.0 Å². The smallest absolute Gasteiger partial charge is 0.379 e. The van der Waals surface area contributed by atoms with Crippen LogP contribution in [0.15, 0.2) is 57.9 Å². The highest BCUT2D eigenvalue weighted by Crippen LogP contribution is 2.21. The Hall–Kier alpha value is -2.67.